The Hall–Kier alpha value is -1.37. The summed E-state index contributed by atoms with van der Waals surface area (Å²) in [6, 6.07) is 8.47. The average molecular weight is 478 g/mol. The highest BCUT2D eigenvalue weighted by Crippen LogP contribution is 2.45. The molecule has 3 unspecified atom stereocenters. The number of hydrogen-bond donors (Lipinski definition) is 2. The van der Waals surface area contributed by atoms with Gasteiger partial charge in [-0.05, 0) is 74.6 Å². The fourth-order valence-corrected chi connectivity index (χ4v) is 5.76. The number of amides is 1. The number of carbonyl (C=O) groups is 1. The zero-order chi connectivity index (χ0) is 21.1. The Balaban J connectivity index is 1.58. The van der Waals surface area contributed by atoms with Crippen molar-refractivity contribution in [1.29, 1.82) is 0 Å². The van der Waals surface area contributed by atoms with Crippen LogP contribution in [0.4, 0.5) is 0 Å². The van der Waals surface area contributed by atoms with E-state index in [0.717, 1.165) is 28.8 Å². The van der Waals surface area contributed by atoms with Crippen LogP contribution in [0.3, 0.4) is 0 Å². The van der Waals surface area contributed by atoms with E-state index in [2.05, 4.69) is 33.4 Å². The van der Waals surface area contributed by atoms with Crippen molar-refractivity contribution in [3.63, 3.8) is 0 Å². The molecule has 2 aliphatic carbocycles. The van der Waals surface area contributed by atoms with Gasteiger partial charge in [-0.1, -0.05) is 34.5 Å². The van der Waals surface area contributed by atoms with Crippen LogP contribution in [0.2, 0.25) is 0 Å². The lowest BCUT2D eigenvalue weighted by Gasteiger charge is -2.37. The van der Waals surface area contributed by atoms with Crippen LogP contribution in [-0.4, -0.2) is 36.6 Å². The van der Waals surface area contributed by atoms with Gasteiger partial charge in [-0.15, -0.1) is 0 Å². The third kappa shape index (κ3) is 4.76. The molecule has 1 aromatic rings. The molecule has 3 aliphatic rings. The quantitative estimate of drug-likeness (QED) is 0.578. The molecule has 6 atom stereocenters. The van der Waals surface area contributed by atoms with E-state index >= 15 is 0 Å². The molecule has 1 heterocycles. The second-order valence-corrected chi connectivity index (χ2v) is 9.75. The molecule has 5 nitrogen and oxygen atoms in total. The van der Waals surface area contributed by atoms with Crippen molar-refractivity contribution >= 4 is 21.8 Å². The fourth-order valence-electron chi connectivity index (χ4n) is 5.49. The second-order valence-electron chi connectivity index (χ2n) is 8.83. The standard InChI is InChI=1S/C24H32BrNO4/c1-2-29-24-19(4-3-11-27)20(16-7-9-18(25)10-8-16)14-22(30-24)23(28)26-21-13-15-5-6-17(21)12-15/h7-10,14-15,17,19-21,24,27H,2-6,11-13H2,1H3,(H,26,28)/t15?,17?,19-,20+,21?,24+/m1/s1. The van der Waals surface area contributed by atoms with Crippen LogP contribution in [0, 0.1) is 17.8 Å². The highest BCUT2D eigenvalue weighted by molar-refractivity contribution is 9.10. The summed E-state index contributed by atoms with van der Waals surface area (Å²) in [6.45, 7) is 2.58. The maximum atomic E-state index is 13.1. The number of halogens is 1. The third-order valence-electron chi connectivity index (χ3n) is 6.94. The molecule has 1 amide bonds. The van der Waals surface area contributed by atoms with Gasteiger partial charge in [-0.2, -0.15) is 0 Å². The van der Waals surface area contributed by atoms with Crippen molar-refractivity contribution in [2.75, 3.05) is 13.2 Å². The minimum absolute atomic E-state index is 0.00395. The lowest BCUT2D eigenvalue weighted by Crippen LogP contribution is -2.43. The molecule has 2 saturated carbocycles. The van der Waals surface area contributed by atoms with Gasteiger partial charge < -0.3 is 19.9 Å². The zero-order valence-electron chi connectivity index (χ0n) is 17.6. The Morgan fingerprint density at radius 2 is 2.07 bits per heavy atom. The summed E-state index contributed by atoms with van der Waals surface area (Å²) >= 11 is 3.50. The molecule has 2 fully saturated rings. The lowest BCUT2D eigenvalue weighted by molar-refractivity contribution is -0.167. The minimum Gasteiger partial charge on any atom is -0.459 e. The topological polar surface area (TPSA) is 67.8 Å². The summed E-state index contributed by atoms with van der Waals surface area (Å²) in [5.74, 6) is 1.67. The molecular weight excluding hydrogens is 446 g/mol. The number of aliphatic hydroxyl groups is 1. The number of fused-ring (bicyclic) bond motifs is 2. The molecule has 164 valence electrons. The van der Waals surface area contributed by atoms with E-state index in [-0.39, 0.29) is 30.4 Å². The van der Waals surface area contributed by atoms with Crippen molar-refractivity contribution in [3.8, 4) is 0 Å². The number of aliphatic hydroxyl groups excluding tert-OH is 1. The largest absolute Gasteiger partial charge is 0.459 e. The van der Waals surface area contributed by atoms with Gasteiger partial charge in [0, 0.05) is 35.6 Å². The van der Waals surface area contributed by atoms with Gasteiger partial charge in [0.2, 0.25) is 6.29 Å². The maximum Gasteiger partial charge on any atom is 0.286 e. The summed E-state index contributed by atoms with van der Waals surface area (Å²) in [7, 11) is 0. The van der Waals surface area contributed by atoms with Gasteiger partial charge in [0.15, 0.2) is 5.76 Å². The van der Waals surface area contributed by atoms with Gasteiger partial charge in [0.05, 0.1) is 0 Å². The summed E-state index contributed by atoms with van der Waals surface area (Å²) in [5, 5.41) is 12.6. The molecule has 0 radical (unpaired) electrons. The fraction of sp³-hybridized carbons (Fsp3) is 0.625. The molecular formula is C24H32BrNO4. The summed E-state index contributed by atoms with van der Waals surface area (Å²) < 4.78 is 13.1. The molecule has 0 saturated heterocycles. The molecule has 2 bridgehead atoms. The predicted molar refractivity (Wildman–Crippen MR) is 119 cm³/mol. The van der Waals surface area contributed by atoms with Crippen LogP contribution in [0.1, 0.15) is 56.9 Å². The maximum absolute atomic E-state index is 13.1. The van der Waals surface area contributed by atoms with Gasteiger partial charge >= 0.3 is 0 Å². The molecule has 30 heavy (non-hydrogen) atoms. The summed E-state index contributed by atoms with van der Waals surface area (Å²) in [6.07, 6.45) is 7.77. The van der Waals surface area contributed by atoms with Crippen LogP contribution >= 0.6 is 15.9 Å². The Bertz CT molecular complexity index is 765. The second kappa shape index (κ2) is 9.84. The molecule has 0 spiro atoms. The third-order valence-corrected chi connectivity index (χ3v) is 7.47. The highest BCUT2D eigenvalue weighted by atomic mass is 79.9. The Morgan fingerprint density at radius 1 is 1.27 bits per heavy atom. The minimum atomic E-state index is -0.499. The summed E-state index contributed by atoms with van der Waals surface area (Å²) in [5.41, 5.74) is 1.12. The molecule has 6 heteroatoms. The van der Waals surface area contributed by atoms with E-state index in [9.17, 15) is 9.90 Å². The molecule has 0 aromatic heterocycles. The molecule has 2 N–H and O–H groups in total. The number of allylic oxidation sites excluding steroid dienone is 1. The van der Waals surface area contributed by atoms with Crippen LogP contribution in [0.25, 0.3) is 0 Å². The SMILES string of the molecule is CCO[C@H]1OC(C(=O)NC2CC3CCC2C3)=C[C@@H](c2ccc(Br)cc2)[C@H]1CCCO. The van der Waals surface area contributed by atoms with Crippen LogP contribution < -0.4 is 5.32 Å². The first-order valence-electron chi connectivity index (χ1n) is 11.3. The van der Waals surface area contributed by atoms with Gasteiger partial charge in [0.25, 0.3) is 5.91 Å². The van der Waals surface area contributed by atoms with Gasteiger partial charge in [-0.3, -0.25) is 4.79 Å². The molecule has 4 rings (SSSR count). The van der Waals surface area contributed by atoms with E-state index in [1.807, 2.05) is 25.1 Å². The first-order chi connectivity index (χ1) is 14.6. The Morgan fingerprint density at radius 3 is 2.70 bits per heavy atom. The highest BCUT2D eigenvalue weighted by Gasteiger charge is 2.42. The van der Waals surface area contributed by atoms with E-state index in [0.29, 0.717) is 24.7 Å². The number of benzene rings is 1. The van der Waals surface area contributed by atoms with E-state index in [1.54, 1.807) is 0 Å². The lowest BCUT2D eigenvalue weighted by atomic mass is 9.80. The van der Waals surface area contributed by atoms with Crippen LogP contribution in [-0.2, 0) is 14.3 Å². The zero-order valence-corrected chi connectivity index (χ0v) is 19.1. The molecule has 1 aliphatic heterocycles. The molecule has 1 aromatic carbocycles. The Labute approximate surface area is 187 Å². The monoisotopic (exact) mass is 477 g/mol. The Kier molecular flexibility index (Phi) is 7.16. The number of hydrogen-bond acceptors (Lipinski definition) is 4. The van der Waals surface area contributed by atoms with E-state index in [1.165, 1.54) is 19.3 Å². The first-order valence-corrected chi connectivity index (χ1v) is 12.1. The van der Waals surface area contributed by atoms with Crippen molar-refractivity contribution in [2.45, 2.75) is 63.7 Å². The van der Waals surface area contributed by atoms with Crippen molar-refractivity contribution in [3.05, 3.63) is 46.1 Å². The number of rotatable bonds is 8. The number of carbonyl (C=O) groups excluding carboxylic acids is 1. The predicted octanol–water partition coefficient (Wildman–Crippen LogP) is 4.50. The van der Waals surface area contributed by atoms with E-state index in [4.69, 9.17) is 9.47 Å². The van der Waals surface area contributed by atoms with Crippen molar-refractivity contribution in [2.24, 2.45) is 17.8 Å². The van der Waals surface area contributed by atoms with E-state index < -0.39 is 6.29 Å². The van der Waals surface area contributed by atoms with Crippen LogP contribution in [0.15, 0.2) is 40.6 Å². The van der Waals surface area contributed by atoms with Gasteiger partial charge in [-0.25, -0.2) is 0 Å². The van der Waals surface area contributed by atoms with Crippen molar-refractivity contribution in [1.82, 2.24) is 5.32 Å². The van der Waals surface area contributed by atoms with Gasteiger partial charge in [0.1, 0.15) is 0 Å². The van der Waals surface area contributed by atoms with Crippen LogP contribution in [0.5, 0.6) is 0 Å². The number of nitrogens with one attached hydrogen (secondary N) is 1. The first kappa shape index (κ1) is 21.8. The summed E-state index contributed by atoms with van der Waals surface area (Å²) in [4.78, 5) is 13.1. The normalized spacial score (nSPS) is 32.6. The smallest absolute Gasteiger partial charge is 0.286 e. The van der Waals surface area contributed by atoms with Crippen molar-refractivity contribution < 1.29 is 19.4 Å². The number of ether oxygens (including phenoxy) is 2. The average Bonchev–Trinajstić information content (AvgIpc) is 3.36.